The van der Waals surface area contributed by atoms with Crippen LogP contribution in [-0.2, 0) is 16.0 Å². The van der Waals surface area contributed by atoms with Crippen molar-refractivity contribution in [1.82, 2.24) is 15.6 Å². The second kappa shape index (κ2) is 7.58. The second-order valence-electron chi connectivity index (χ2n) is 4.35. The first kappa shape index (κ1) is 16.9. The molecule has 1 unspecified atom stereocenters. The number of urea groups is 1. The van der Waals surface area contributed by atoms with Gasteiger partial charge in [-0.25, -0.2) is 14.6 Å². The third-order valence-electron chi connectivity index (χ3n) is 2.62. The third-order valence-corrected chi connectivity index (χ3v) is 3.94. The van der Waals surface area contributed by atoms with E-state index in [1.54, 1.807) is 13.1 Å². The molecule has 2 atom stereocenters. The molecule has 21 heavy (non-hydrogen) atoms. The Morgan fingerprint density at radius 1 is 1.33 bits per heavy atom. The number of nitrogens with one attached hydrogen (secondary N) is 2. The molecule has 0 aliphatic rings. The van der Waals surface area contributed by atoms with Gasteiger partial charge in [0.1, 0.15) is 11.0 Å². The molecule has 1 heterocycles. The Hall–Kier alpha value is -2.16. The zero-order valence-corrected chi connectivity index (χ0v) is 12.4. The van der Waals surface area contributed by atoms with Gasteiger partial charge in [-0.15, -0.1) is 11.3 Å². The lowest BCUT2D eigenvalue weighted by atomic mass is 10.2. The molecule has 1 aromatic rings. The van der Waals surface area contributed by atoms with Crippen molar-refractivity contribution in [3.63, 3.8) is 0 Å². The van der Waals surface area contributed by atoms with Gasteiger partial charge in [-0.05, 0) is 13.3 Å². The largest absolute Gasteiger partial charge is 0.481 e. The number of carbonyl (C=O) groups is 3. The number of hydrogen-bond donors (Lipinski definition) is 4. The molecule has 0 aromatic carbocycles. The maximum atomic E-state index is 11.7. The molecule has 0 saturated heterocycles. The highest BCUT2D eigenvalue weighted by Crippen LogP contribution is 2.19. The highest BCUT2D eigenvalue weighted by molar-refractivity contribution is 7.11. The van der Waals surface area contributed by atoms with Crippen LogP contribution in [0.2, 0.25) is 0 Å². The van der Waals surface area contributed by atoms with Crippen LogP contribution < -0.4 is 10.6 Å². The van der Waals surface area contributed by atoms with Crippen LogP contribution in [0.3, 0.4) is 0 Å². The first-order valence-electron chi connectivity index (χ1n) is 6.29. The number of nitrogens with zero attached hydrogens (tertiary/aromatic N) is 1. The summed E-state index contributed by atoms with van der Waals surface area (Å²) in [6, 6.07) is -2.61. The average molecular weight is 315 g/mol. The maximum absolute atomic E-state index is 11.7. The van der Waals surface area contributed by atoms with Crippen LogP contribution in [0.4, 0.5) is 4.79 Å². The van der Waals surface area contributed by atoms with Crippen molar-refractivity contribution in [2.45, 2.75) is 38.8 Å². The first-order chi connectivity index (χ1) is 9.83. The number of carboxylic acid groups (broad SMARTS) is 2. The number of carboxylic acids is 2. The highest BCUT2D eigenvalue weighted by atomic mass is 32.1. The van der Waals surface area contributed by atoms with E-state index in [0.29, 0.717) is 5.01 Å². The van der Waals surface area contributed by atoms with Crippen LogP contribution >= 0.6 is 11.3 Å². The normalized spacial score (nSPS) is 13.2. The van der Waals surface area contributed by atoms with Crippen molar-refractivity contribution in [2.75, 3.05) is 0 Å². The monoisotopic (exact) mass is 315 g/mol. The van der Waals surface area contributed by atoms with E-state index in [4.69, 9.17) is 10.2 Å². The molecule has 0 radical (unpaired) electrons. The molecule has 1 rings (SSSR count). The van der Waals surface area contributed by atoms with E-state index in [1.807, 2.05) is 6.92 Å². The van der Waals surface area contributed by atoms with Crippen LogP contribution in [0.15, 0.2) is 6.20 Å². The topological polar surface area (TPSA) is 129 Å². The molecular weight excluding hydrogens is 298 g/mol. The van der Waals surface area contributed by atoms with Crippen LogP contribution in [0.1, 0.15) is 36.2 Å². The Kier molecular flexibility index (Phi) is 6.10. The molecule has 9 heteroatoms. The minimum Gasteiger partial charge on any atom is -0.481 e. The zero-order valence-electron chi connectivity index (χ0n) is 11.6. The summed E-state index contributed by atoms with van der Waals surface area (Å²) in [5.74, 6) is -2.70. The number of thiazole rings is 1. The fourth-order valence-corrected chi connectivity index (χ4v) is 2.38. The molecule has 8 nitrogen and oxygen atoms in total. The van der Waals surface area contributed by atoms with E-state index in [9.17, 15) is 14.4 Å². The number of amides is 2. The number of carbonyl (C=O) groups excluding carboxylic acids is 1. The molecule has 1 aromatic heterocycles. The minimum atomic E-state index is -1.47. The van der Waals surface area contributed by atoms with E-state index in [0.717, 1.165) is 11.3 Å². The Labute approximate surface area is 125 Å². The summed E-state index contributed by atoms with van der Waals surface area (Å²) in [5, 5.41) is 22.8. The molecule has 4 N–H and O–H groups in total. The van der Waals surface area contributed by atoms with Crippen LogP contribution in [0, 0.1) is 0 Å². The van der Waals surface area contributed by atoms with E-state index in [1.165, 1.54) is 11.3 Å². The summed E-state index contributed by atoms with van der Waals surface area (Å²) < 4.78 is 0. The maximum Gasteiger partial charge on any atom is 0.326 e. The lowest BCUT2D eigenvalue weighted by molar-refractivity contribution is -0.145. The zero-order chi connectivity index (χ0) is 16.0. The quantitative estimate of drug-likeness (QED) is 0.594. The average Bonchev–Trinajstić information content (AvgIpc) is 2.85. The van der Waals surface area contributed by atoms with Crippen molar-refractivity contribution in [3.8, 4) is 0 Å². The van der Waals surface area contributed by atoms with Gasteiger partial charge < -0.3 is 20.8 Å². The molecular formula is C12H17N3O5S. The standard InChI is InChI=1S/C12H17N3O5S/c1-3-7-5-13-10(21-7)6(2)14-12(20)15-8(11(18)19)4-9(16)17/h5-6,8H,3-4H2,1-2H3,(H,16,17)(H,18,19)(H2,14,15,20)/t6?,8-/m0/s1. The van der Waals surface area contributed by atoms with Gasteiger partial charge in [-0.3, -0.25) is 4.79 Å². The van der Waals surface area contributed by atoms with E-state index in [-0.39, 0.29) is 0 Å². The van der Waals surface area contributed by atoms with Gasteiger partial charge in [0.05, 0.1) is 12.5 Å². The molecule has 0 fully saturated rings. The Balaban J connectivity index is 2.58. The summed E-state index contributed by atoms with van der Waals surface area (Å²) in [6.07, 6.45) is 1.88. The van der Waals surface area contributed by atoms with E-state index < -0.39 is 36.5 Å². The number of hydrogen-bond acceptors (Lipinski definition) is 5. The predicted octanol–water partition coefficient (Wildman–Crippen LogP) is 0.994. The fraction of sp³-hybridized carbons (Fsp3) is 0.500. The van der Waals surface area contributed by atoms with Crippen molar-refractivity contribution in [3.05, 3.63) is 16.1 Å². The summed E-state index contributed by atoms with van der Waals surface area (Å²) in [5.41, 5.74) is 0. The molecule has 0 aliphatic carbocycles. The number of aryl methyl sites for hydroxylation is 1. The smallest absolute Gasteiger partial charge is 0.326 e. The fourth-order valence-electron chi connectivity index (χ4n) is 1.52. The van der Waals surface area contributed by atoms with Gasteiger partial charge >= 0.3 is 18.0 Å². The Morgan fingerprint density at radius 2 is 2.00 bits per heavy atom. The number of aromatic nitrogens is 1. The molecule has 116 valence electrons. The van der Waals surface area contributed by atoms with Crippen molar-refractivity contribution in [1.29, 1.82) is 0 Å². The van der Waals surface area contributed by atoms with Gasteiger partial charge in [-0.2, -0.15) is 0 Å². The van der Waals surface area contributed by atoms with Crippen molar-refractivity contribution < 1.29 is 24.6 Å². The second-order valence-corrected chi connectivity index (χ2v) is 5.49. The Morgan fingerprint density at radius 3 is 2.48 bits per heavy atom. The first-order valence-corrected chi connectivity index (χ1v) is 7.11. The third kappa shape index (κ3) is 5.38. The molecule has 0 spiro atoms. The van der Waals surface area contributed by atoms with Crippen LogP contribution in [-0.4, -0.2) is 39.2 Å². The SMILES string of the molecule is CCc1cnc(C(C)NC(=O)N[C@@H](CC(=O)O)C(=O)O)s1. The number of aliphatic carboxylic acids is 2. The lowest BCUT2D eigenvalue weighted by Gasteiger charge is -2.16. The highest BCUT2D eigenvalue weighted by Gasteiger charge is 2.24. The van der Waals surface area contributed by atoms with Gasteiger partial charge in [-0.1, -0.05) is 6.92 Å². The summed E-state index contributed by atoms with van der Waals surface area (Å²) in [6.45, 7) is 3.70. The van der Waals surface area contributed by atoms with Crippen molar-refractivity contribution in [2.24, 2.45) is 0 Å². The summed E-state index contributed by atoms with van der Waals surface area (Å²) >= 11 is 1.45. The van der Waals surface area contributed by atoms with Gasteiger partial charge in [0.2, 0.25) is 0 Å². The molecule has 0 bridgehead atoms. The minimum absolute atomic E-state index is 0.394. The van der Waals surface area contributed by atoms with Gasteiger partial charge in [0.15, 0.2) is 0 Å². The van der Waals surface area contributed by atoms with Gasteiger partial charge in [0, 0.05) is 11.1 Å². The summed E-state index contributed by atoms with van der Waals surface area (Å²) in [4.78, 5) is 38.3. The van der Waals surface area contributed by atoms with E-state index in [2.05, 4.69) is 15.6 Å². The molecule has 0 saturated carbocycles. The van der Waals surface area contributed by atoms with E-state index >= 15 is 0 Å². The van der Waals surface area contributed by atoms with Crippen molar-refractivity contribution >= 4 is 29.3 Å². The van der Waals surface area contributed by atoms with Crippen LogP contribution in [0.5, 0.6) is 0 Å². The summed E-state index contributed by atoms with van der Waals surface area (Å²) in [7, 11) is 0. The van der Waals surface area contributed by atoms with Crippen LogP contribution in [0.25, 0.3) is 0 Å². The predicted molar refractivity (Wildman–Crippen MR) is 75.3 cm³/mol. The molecule has 0 aliphatic heterocycles. The lowest BCUT2D eigenvalue weighted by Crippen LogP contribution is -2.47. The number of rotatable bonds is 7. The molecule has 2 amide bonds. The van der Waals surface area contributed by atoms with Gasteiger partial charge in [0.25, 0.3) is 0 Å². The Bertz CT molecular complexity index is 531.